The molecular weight excluding hydrogens is 376 g/mol. The van der Waals surface area contributed by atoms with Gasteiger partial charge in [0.1, 0.15) is 11.4 Å². The largest absolute Gasteiger partial charge is 0.488 e. The van der Waals surface area contributed by atoms with Crippen molar-refractivity contribution in [1.29, 1.82) is 0 Å². The Bertz CT molecular complexity index is 957. The molecule has 1 aromatic heterocycles. The van der Waals surface area contributed by atoms with Crippen LogP contribution < -0.4 is 4.74 Å². The lowest BCUT2D eigenvalue weighted by atomic mass is 9.93. The third kappa shape index (κ3) is 4.45. The molecule has 2 heterocycles. The van der Waals surface area contributed by atoms with Crippen LogP contribution in [0, 0.1) is 0 Å². The number of fused-ring (bicyclic) bond motifs is 1. The summed E-state index contributed by atoms with van der Waals surface area (Å²) in [6.45, 7) is 4.27. The second-order valence-corrected chi connectivity index (χ2v) is 8.70. The summed E-state index contributed by atoms with van der Waals surface area (Å²) in [6, 6.07) is 16.2. The van der Waals surface area contributed by atoms with E-state index in [1.807, 2.05) is 36.5 Å². The highest BCUT2D eigenvalue weighted by Crippen LogP contribution is 2.35. The summed E-state index contributed by atoms with van der Waals surface area (Å²) in [4.78, 5) is 9.14. The predicted molar refractivity (Wildman–Crippen MR) is 112 cm³/mol. The number of aromatic nitrogens is 2. The Morgan fingerprint density at radius 2 is 1.93 bits per heavy atom. The predicted octanol–water partition coefficient (Wildman–Crippen LogP) is 6.19. The standard InChI is InChI=1S/C22H21ClN2OS/c1-22(2)11-9-17-13-16(5-8-20(17)26-22)19-10-12-24-21(25-19)27-14-15-3-6-18(23)7-4-15/h3-8,10,12-13H,9,11,14H2,1-2H3. The van der Waals surface area contributed by atoms with Crippen molar-refractivity contribution in [2.75, 3.05) is 0 Å². The van der Waals surface area contributed by atoms with Crippen LogP contribution in [0.3, 0.4) is 0 Å². The minimum absolute atomic E-state index is 0.0884. The maximum Gasteiger partial charge on any atom is 0.188 e. The Morgan fingerprint density at radius 3 is 2.74 bits per heavy atom. The lowest BCUT2D eigenvalue weighted by molar-refractivity contribution is 0.0847. The lowest BCUT2D eigenvalue weighted by Gasteiger charge is -2.32. The molecule has 0 unspecified atom stereocenters. The molecule has 3 aromatic rings. The zero-order valence-corrected chi connectivity index (χ0v) is 17.0. The molecule has 1 aliphatic heterocycles. The number of ether oxygens (including phenoxy) is 1. The van der Waals surface area contributed by atoms with Gasteiger partial charge in [0.25, 0.3) is 0 Å². The fourth-order valence-corrected chi connectivity index (χ4v) is 4.03. The van der Waals surface area contributed by atoms with Crippen LogP contribution in [0.1, 0.15) is 31.4 Å². The van der Waals surface area contributed by atoms with Gasteiger partial charge in [-0.2, -0.15) is 0 Å². The first-order valence-electron chi connectivity index (χ1n) is 9.01. The quantitative estimate of drug-likeness (QED) is 0.389. The lowest BCUT2D eigenvalue weighted by Crippen LogP contribution is -2.32. The third-order valence-electron chi connectivity index (χ3n) is 4.65. The van der Waals surface area contributed by atoms with E-state index in [1.54, 1.807) is 11.8 Å². The van der Waals surface area contributed by atoms with Crippen LogP contribution in [-0.2, 0) is 12.2 Å². The molecule has 3 nitrogen and oxygen atoms in total. The Morgan fingerprint density at radius 1 is 1.11 bits per heavy atom. The van der Waals surface area contributed by atoms with Crippen molar-refractivity contribution < 1.29 is 4.74 Å². The van der Waals surface area contributed by atoms with Gasteiger partial charge < -0.3 is 4.74 Å². The highest BCUT2D eigenvalue weighted by molar-refractivity contribution is 7.98. The highest BCUT2D eigenvalue weighted by atomic mass is 35.5. The Hall–Kier alpha value is -2.04. The molecule has 0 saturated carbocycles. The molecule has 0 radical (unpaired) electrons. The number of rotatable bonds is 4. The first-order valence-corrected chi connectivity index (χ1v) is 10.4. The fraction of sp³-hybridized carbons (Fsp3) is 0.273. The molecule has 1 aliphatic rings. The van der Waals surface area contributed by atoms with Gasteiger partial charge in [0.2, 0.25) is 0 Å². The van der Waals surface area contributed by atoms with E-state index in [-0.39, 0.29) is 5.60 Å². The molecule has 138 valence electrons. The summed E-state index contributed by atoms with van der Waals surface area (Å²) in [5.41, 5.74) is 4.41. The van der Waals surface area contributed by atoms with Crippen LogP contribution >= 0.6 is 23.4 Å². The topological polar surface area (TPSA) is 35.0 Å². The van der Waals surface area contributed by atoms with E-state index in [2.05, 4.69) is 37.0 Å². The van der Waals surface area contributed by atoms with Gasteiger partial charge in [-0.15, -0.1) is 0 Å². The number of hydrogen-bond donors (Lipinski definition) is 0. The van der Waals surface area contributed by atoms with Crippen molar-refractivity contribution in [2.45, 2.75) is 43.2 Å². The van der Waals surface area contributed by atoms with Gasteiger partial charge >= 0.3 is 0 Å². The Kier molecular flexibility index (Phi) is 5.11. The number of nitrogens with zero attached hydrogens (tertiary/aromatic N) is 2. The van der Waals surface area contributed by atoms with Gasteiger partial charge in [0, 0.05) is 22.5 Å². The van der Waals surface area contributed by atoms with Crippen LogP contribution in [-0.4, -0.2) is 15.6 Å². The minimum atomic E-state index is -0.0884. The molecule has 5 heteroatoms. The first kappa shape index (κ1) is 18.3. The number of halogens is 1. The Labute approximate surface area is 169 Å². The third-order valence-corrected chi connectivity index (χ3v) is 5.84. The van der Waals surface area contributed by atoms with Crippen LogP contribution in [0.15, 0.2) is 59.9 Å². The summed E-state index contributed by atoms with van der Waals surface area (Å²) >= 11 is 7.57. The number of thioether (sulfide) groups is 1. The summed E-state index contributed by atoms with van der Waals surface area (Å²) in [7, 11) is 0. The van der Waals surface area contributed by atoms with Crippen molar-refractivity contribution in [2.24, 2.45) is 0 Å². The van der Waals surface area contributed by atoms with Crippen LogP contribution in [0.4, 0.5) is 0 Å². The maximum atomic E-state index is 6.08. The minimum Gasteiger partial charge on any atom is -0.488 e. The molecule has 4 rings (SSSR count). The average molecular weight is 397 g/mol. The molecule has 0 bridgehead atoms. The summed E-state index contributed by atoms with van der Waals surface area (Å²) in [6.07, 6.45) is 3.88. The van der Waals surface area contributed by atoms with Gasteiger partial charge in [-0.25, -0.2) is 9.97 Å². The van der Waals surface area contributed by atoms with Crippen molar-refractivity contribution in [1.82, 2.24) is 9.97 Å². The maximum absolute atomic E-state index is 6.08. The SMILES string of the molecule is CC1(C)CCc2cc(-c3ccnc(SCc4ccc(Cl)cc4)n3)ccc2O1. The molecule has 0 spiro atoms. The van der Waals surface area contributed by atoms with Gasteiger partial charge in [0.15, 0.2) is 5.16 Å². The molecule has 0 saturated heterocycles. The van der Waals surface area contributed by atoms with E-state index in [1.165, 1.54) is 11.1 Å². The van der Waals surface area contributed by atoms with Crippen LogP contribution in [0.2, 0.25) is 5.02 Å². The molecule has 0 fully saturated rings. The summed E-state index contributed by atoms with van der Waals surface area (Å²) in [5.74, 6) is 1.80. The molecule has 0 atom stereocenters. The second kappa shape index (κ2) is 7.53. The van der Waals surface area contributed by atoms with Crippen molar-refractivity contribution in [3.8, 4) is 17.0 Å². The van der Waals surface area contributed by atoms with Gasteiger partial charge in [-0.1, -0.05) is 35.5 Å². The van der Waals surface area contributed by atoms with Crippen LogP contribution in [0.25, 0.3) is 11.3 Å². The van der Waals surface area contributed by atoms with E-state index in [0.717, 1.165) is 45.8 Å². The van der Waals surface area contributed by atoms with Crippen LogP contribution in [0.5, 0.6) is 5.75 Å². The molecule has 27 heavy (non-hydrogen) atoms. The van der Waals surface area contributed by atoms with Gasteiger partial charge in [-0.05, 0) is 74.2 Å². The smallest absolute Gasteiger partial charge is 0.188 e. The second-order valence-electron chi connectivity index (χ2n) is 7.32. The zero-order chi connectivity index (χ0) is 18.9. The highest BCUT2D eigenvalue weighted by Gasteiger charge is 2.26. The molecule has 0 amide bonds. The number of hydrogen-bond acceptors (Lipinski definition) is 4. The fourth-order valence-electron chi connectivity index (χ4n) is 3.12. The monoisotopic (exact) mass is 396 g/mol. The van der Waals surface area contributed by atoms with Gasteiger partial charge in [-0.3, -0.25) is 0 Å². The normalized spacial score (nSPS) is 15.1. The summed E-state index contributed by atoms with van der Waals surface area (Å²) in [5, 5.41) is 1.53. The molecule has 0 aliphatic carbocycles. The van der Waals surface area contributed by atoms with E-state index in [0.29, 0.717) is 0 Å². The molecule has 2 aromatic carbocycles. The van der Waals surface area contributed by atoms with Crippen molar-refractivity contribution in [3.63, 3.8) is 0 Å². The molecular formula is C22H21ClN2OS. The first-order chi connectivity index (χ1) is 13.0. The average Bonchev–Trinajstić information content (AvgIpc) is 2.67. The summed E-state index contributed by atoms with van der Waals surface area (Å²) < 4.78 is 6.08. The zero-order valence-electron chi connectivity index (χ0n) is 15.4. The molecule has 0 N–H and O–H groups in total. The van der Waals surface area contributed by atoms with E-state index < -0.39 is 0 Å². The van der Waals surface area contributed by atoms with E-state index >= 15 is 0 Å². The van der Waals surface area contributed by atoms with E-state index in [4.69, 9.17) is 21.3 Å². The Balaban J connectivity index is 1.51. The van der Waals surface area contributed by atoms with Gasteiger partial charge in [0.05, 0.1) is 5.69 Å². The van der Waals surface area contributed by atoms with Crippen molar-refractivity contribution >= 4 is 23.4 Å². The number of benzene rings is 2. The van der Waals surface area contributed by atoms with Crippen molar-refractivity contribution in [3.05, 3.63) is 70.9 Å². The van der Waals surface area contributed by atoms with E-state index in [9.17, 15) is 0 Å². The number of aryl methyl sites for hydroxylation is 1.